The summed E-state index contributed by atoms with van der Waals surface area (Å²) < 4.78 is 5.81. The van der Waals surface area contributed by atoms with Crippen molar-refractivity contribution in [2.75, 3.05) is 42.7 Å². The van der Waals surface area contributed by atoms with Gasteiger partial charge in [-0.2, -0.15) is 0 Å². The summed E-state index contributed by atoms with van der Waals surface area (Å²) in [5.74, 6) is 1.21. The molecule has 3 heterocycles. The Hall–Kier alpha value is -1.74. The van der Waals surface area contributed by atoms with Gasteiger partial charge in [0, 0.05) is 36.5 Å². The molecular formula is C20H27ClN6OS. The fourth-order valence-corrected chi connectivity index (χ4v) is 5.30. The Kier molecular flexibility index (Phi) is 5.79. The normalized spacial score (nSPS) is 23.5. The summed E-state index contributed by atoms with van der Waals surface area (Å²) in [6.45, 7) is 4.56. The van der Waals surface area contributed by atoms with Crippen molar-refractivity contribution >= 4 is 40.7 Å². The van der Waals surface area contributed by atoms with E-state index in [0.717, 1.165) is 48.9 Å². The molecule has 0 bridgehead atoms. The second-order valence-corrected chi connectivity index (χ2v) is 9.19. The summed E-state index contributed by atoms with van der Waals surface area (Å²) in [5, 5.41) is 4.38. The van der Waals surface area contributed by atoms with E-state index in [1.54, 1.807) is 6.20 Å². The summed E-state index contributed by atoms with van der Waals surface area (Å²) in [7, 11) is 1.84. The lowest BCUT2D eigenvalue weighted by Gasteiger charge is -2.41. The second-order valence-electron chi connectivity index (χ2n) is 7.78. The van der Waals surface area contributed by atoms with Gasteiger partial charge in [0.25, 0.3) is 0 Å². The van der Waals surface area contributed by atoms with Crippen molar-refractivity contribution in [2.45, 2.75) is 41.8 Å². The van der Waals surface area contributed by atoms with E-state index in [4.69, 9.17) is 27.8 Å². The van der Waals surface area contributed by atoms with Gasteiger partial charge in [-0.3, -0.25) is 0 Å². The Morgan fingerprint density at radius 3 is 2.72 bits per heavy atom. The lowest BCUT2D eigenvalue weighted by Crippen LogP contribution is -2.50. The van der Waals surface area contributed by atoms with Gasteiger partial charge in [0.1, 0.15) is 10.8 Å². The predicted octanol–water partition coefficient (Wildman–Crippen LogP) is 3.24. The number of ether oxygens (including phenoxy) is 1. The van der Waals surface area contributed by atoms with Crippen molar-refractivity contribution in [3.05, 3.63) is 29.4 Å². The van der Waals surface area contributed by atoms with Crippen LogP contribution in [0.25, 0.3) is 0 Å². The number of nitrogens with two attached hydrogens (primary N) is 2. The van der Waals surface area contributed by atoms with Gasteiger partial charge in [0.15, 0.2) is 5.82 Å². The molecule has 2 atom stereocenters. The number of anilines is 3. The zero-order chi connectivity index (χ0) is 20.6. The van der Waals surface area contributed by atoms with E-state index in [1.165, 1.54) is 11.8 Å². The van der Waals surface area contributed by atoms with Gasteiger partial charge in [-0.15, -0.1) is 0 Å². The molecule has 0 saturated carbocycles. The smallest absolute Gasteiger partial charge is 0.158 e. The summed E-state index contributed by atoms with van der Waals surface area (Å²) in [5.41, 5.74) is 13.6. The molecule has 1 aromatic carbocycles. The third-order valence-electron chi connectivity index (χ3n) is 6.12. The Bertz CT molecular complexity index is 889. The highest BCUT2D eigenvalue weighted by molar-refractivity contribution is 7.99. The Labute approximate surface area is 180 Å². The Balaban J connectivity index is 1.46. The summed E-state index contributed by atoms with van der Waals surface area (Å²) in [4.78, 5) is 12.3. The Morgan fingerprint density at radius 2 is 2.10 bits per heavy atom. The number of hydrogen-bond donors (Lipinski definition) is 3. The molecule has 4 rings (SSSR count). The fourth-order valence-electron chi connectivity index (χ4n) is 4.15. The molecule has 5 N–H and O–H groups in total. The maximum Gasteiger partial charge on any atom is 0.158 e. The van der Waals surface area contributed by atoms with Crippen LogP contribution in [0.4, 0.5) is 17.3 Å². The lowest BCUT2D eigenvalue weighted by atomic mass is 9.73. The molecule has 2 fully saturated rings. The van der Waals surface area contributed by atoms with Crippen molar-refractivity contribution in [2.24, 2.45) is 11.1 Å². The van der Waals surface area contributed by atoms with Crippen molar-refractivity contribution in [1.29, 1.82) is 0 Å². The van der Waals surface area contributed by atoms with E-state index >= 15 is 0 Å². The van der Waals surface area contributed by atoms with Crippen molar-refractivity contribution in [3.8, 4) is 0 Å². The number of hydrogen-bond acceptors (Lipinski definition) is 8. The number of piperidine rings is 1. The van der Waals surface area contributed by atoms with Crippen LogP contribution in [0.1, 0.15) is 19.8 Å². The molecule has 2 aliphatic heterocycles. The molecule has 29 heavy (non-hydrogen) atoms. The lowest BCUT2D eigenvalue weighted by molar-refractivity contribution is 0.0974. The number of halogens is 1. The first-order chi connectivity index (χ1) is 13.9. The highest BCUT2D eigenvalue weighted by Gasteiger charge is 2.47. The van der Waals surface area contributed by atoms with Crippen LogP contribution in [0.15, 0.2) is 34.3 Å². The van der Waals surface area contributed by atoms with Gasteiger partial charge in [0.2, 0.25) is 0 Å². The van der Waals surface area contributed by atoms with Crippen molar-refractivity contribution in [3.63, 3.8) is 0 Å². The number of nitrogens with zero attached hydrogens (tertiary/aromatic N) is 3. The first-order valence-corrected chi connectivity index (χ1v) is 11.0. The summed E-state index contributed by atoms with van der Waals surface area (Å²) >= 11 is 7.86. The zero-order valence-corrected chi connectivity index (χ0v) is 18.3. The van der Waals surface area contributed by atoms with Crippen LogP contribution in [0.5, 0.6) is 0 Å². The van der Waals surface area contributed by atoms with E-state index in [-0.39, 0.29) is 17.6 Å². The zero-order valence-electron chi connectivity index (χ0n) is 16.7. The molecule has 2 aromatic rings. The van der Waals surface area contributed by atoms with Gasteiger partial charge in [0.05, 0.1) is 29.6 Å². The molecular weight excluding hydrogens is 408 g/mol. The minimum absolute atomic E-state index is 0.0831. The SMILES string of the molecule is CNc1cccc(Sc2ncc(N3CCC4(CC3)COC(C)C4N)nc2N)c1Cl. The molecule has 2 saturated heterocycles. The van der Waals surface area contributed by atoms with Crippen LogP contribution in [0.3, 0.4) is 0 Å². The number of nitrogens with one attached hydrogen (secondary N) is 1. The third-order valence-corrected chi connectivity index (χ3v) is 7.71. The first kappa shape index (κ1) is 20.5. The number of nitrogen functional groups attached to an aromatic ring is 1. The van der Waals surface area contributed by atoms with E-state index in [1.807, 2.05) is 25.2 Å². The molecule has 7 nitrogen and oxygen atoms in total. The monoisotopic (exact) mass is 434 g/mol. The first-order valence-electron chi connectivity index (χ1n) is 9.82. The topological polar surface area (TPSA) is 102 Å². The molecule has 0 radical (unpaired) electrons. The molecule has 1 aromatic heterocycles. The molecule has 0 amide bonds. The molecule has 1 spiro atoms. The van der Waals surface area contributed by atoms with Crippen molar-refractivity contribution < 1.29 is 4.74 Å². The number of aromatic nitrogens is 2. The second kappa shape index (κ2) is 8.18. The number of benzene rings is 1. The summed E-state index contributed by atoms with van der Waals surface area (Å²) in [6.07, 6.45) is 3.90. The van der Waals surface area contributed by atoms with Gasteiger partial charge in [-0.1, -0.05) is 29.4 Å². The highest BCUT2D eigenvalue weighted by atomic mass is 35.5. The van der Waals surface area contributed by atoms with E-state index in [0.29, 0.717) is 15.9 Å². The average Bonchev–Trinajstić information content (AvgIpc) is 3.00. The minimum atomic E-state index is 0.0831. The third kappa shape index (κ3) is 3.86. The molecule has 9 heteroatoms. The van der Waals surface area contributed by atoms with Crippen LogP contribution in [-0.4, -0.2) is 48.9 Å². The molecule has 0 aliphatic carbocycles. The highest BCUT2D eigenvalue weighted by Crippen LogP contribution is 2.42. The van der Waals surface area contributed by atoms with E-state index < -0.39 is 0 Å². The minimum Gasteiger partial charge on any atom is -0.387 e. The number of rotatable bonds is 4. The van der Waals surface area contributed by atoms with Gasteiger partial charge in [-0.05, 0) is 31.9 Å². The quantitative estimate of drug-likeness (QED) is 0.673. The maximum absolute atomic E-state index is 6.44. The Morgan fingerprint density at radius 1 is 1.34 bits per heavy atom. The van der Waals surface area contributed by atoms with Crippen molar-refractivity contribution in [1.82, 2.24) is 9.97 Å². The molecule has 156 valence electrons. The van der Waals surface area contributed by atoms with Crippen LogP contribution in [0.2, 0.25) is 5.02 Å². The van der Waals surface area contributed by atoms with Gasteiger partial charge in [-0.25, -0.2) is 9.97 Å². The predicted molar refractivity (Wildman–Crippen MR) is 119 cm³/mol. The fraction of sp³-hybridized carbons (Fsp3) is 0.500. The van der Waals surface area contributed by atoms with E-state index in [9.17, 15) is 0 Å². The van der Waals surface area contributed by atoms with Gasteiger partial charge >= 0.3 is 0 Å². The van der Waals surface area contributed by atoms with Crippen LogP contribution in [-0.2, 0) is 4.74 Å². The molecule has 2 aliphatic rings. The maximum atomic E-state index is 6.44. The van der Waals surface area contributed by atoms with E-state index in [2.05, 4.69) is 27.1 Å². The van der Waals surface area contributed by atoms with Gasteiger partial charge < -0.3 is 26.4 Å². The summed E-state index contributed by atoms with van der Waals surface area (Å²) in [6, 6.07) is 5.91. The van der Waals surface area contributed by atoms with Crippen LogP contribution in [0, 0.1) is 5.41 Å². The standard InChI is InChI=1S/C20H27ClN6OS/c1-12-17(22)20(11-28-12)6-8-27(9-7-20)15-10-25-19(18(23)26-15)29-14-5-3-4-13(24-2)16(14)21/h3-5,10,12,17,24H,6-9,11,22H2,1-2H3,(H2,23,26). The molecule has 2 unspecified atom stereocenters. The average molecular weight is 435 g/mol. The largest absolute Gasteiger partial charge is 0.387 e. The van der Waals surface area contributed by atoms with Crippen LogP contribution >= 0.6 is 23.4 Å². The van der Waals surface area contributed by atoms with Crippen LogP contribution < -0.4 is 21.7 Å².